The Labute approximate surface area is 143 Å². The van der Waals surface area contributed by atoms with Crippen LogP contribution in [-0.4, -0.2) is 22.6 Å². The molecule has 3 nitrogen and oxygen atoms in total. The van der Waals surface area contributed by atoms with Crippen molar-refractivity contribution in [1.29, 1.82) is 0 Å². The summed E-state index contributed by atoms with van der Waals surface area (Å²) < 4.78 is 8.18. The van der Waals surface area contributed by atoms with Gasteiger partial charge in [-0.25, -0.2) is 0 Å². The topological polar surface area (TPSA) is 17.4 Å². The van der Waals surface area contributed by atoms with Crippen molar-refractivity contribution in [1.82, 2.24) is 9.47 Å². The van der Waals surface area contributed by atoms with Crippen molar-refractivity contribution in [3.63, 3.8) is 0 Å². The molecular formula is C21H22N2O. The molecular weight excluding hydrogens is 296 g/mol. The zero-order chi connectivity index (χ0) is 16.4. The maximum Gasteiger partial charge on any atom is 0.138 e. The molecule has 0 saturated carbocycles. The highest BCUT2D eigenvalue weighted by Gasteiger charge is 2.27. The third kappa shape index (κ3) is 3.14. The van der Waals surface area contributed by atoms with Crippen molar-refractivity contribution in [3.05, 3.63) is 89.7 Å². The predicted molar refractivity (Wildman–Crippen MR) is 96.1 cm³/mol. The van der Waals surface area contributed by atoms with Crippen molar-refractivity contribution in [2.24, 2.45) is 0 Å². The quantitative estimate of drug-likeness (QED) is 0.713. The van der Waals surface area contributed by atoms with E-state index < -0.39 is 0 Å². The van der Waals surface area contributed by atoms with Crippen molar-refractivity contribution < 1.29 is 4.74 Å². The largest absolute Gasteiger partial charge is 0.357 e. The molecule has 2 heterocycles. The summed E-state index contributed by atoms with van der Waals surface area (Å²) in [6, 6.07) is 21.3. The predicted octanol–water partition coefficient (Wildman–Crippen LogP) is 4.32. The smallest absolute Gasteiger partial charge is 0.138 e. The van der Waals surface area contributed by atoms with E-state index in [0.29, 0.717) is 0 Å². The second kappa shape index (κ2) is 6.63. The van der Waals surface area contributed by atoms with Gasteiger partial charge in [0.1, 0.15) is 6.23 Å². The van der Waals surface area contributed by atoms with Gasteiger partial charge in [0.15, 0.2) is 0 Å². The summed E-state index contributed by atoms with van der Waals surface area (Å²) in [5.41, 5.74) is 5.00. The zero-order valence-electron chi connectivity index (χ0n) is 13.9. The summed E-state index contributed by atoms with van der Waals surface area (Å²) in [6.45, 7) is 4.79. The third-order valence-electron chi connectivity index (χ3n) is 4.52. The molecule has 0 radical (unpaired) electrons. The second-order valence-electron chi connectivity index (χ2n) is 6.37. The molecule has 0 N–H and O–H groups in total. The van der Waals surface area contributed by atoms with Crippen molar-refractivity contribution in [2.45, 2.75) is 19.7 Å². The van der Waals surface area contributed by atoms with Gasteiger partial charge in [0.25, 0.3) is 0 Å². The lowest BCUT2D eigenvalue weighted by Crippen LogP contribution is -2.23. The minimum Gasteiger partial charge on any atom is -0.357 e. The molecule has 1 fully saturated rings. The SMILES string of the molecule is Cc1cccc(-n2ccc(C3OCCN3Cc3ccccc3)c2)c1. The molecule has 1 unspecified atom stereocenters. The average Bonchev–Trinajstić information content (AvgIpc) is 3.25. The number of aryl methyl sites for hydroxylation is 1. The van der Waals surface area contributed by atoms with Crippen LogP contribution < -0.4 is 0 Å². The molecule has 0 bridgehead atoms. The molecule has 0 amide bonds. The van der Waals surface area contributed by atoms with Crippen LogP contribution in [0.1, 0.15) is 22.9 Å². The van der Waals surface area contributed by atoms with E-state index in [4.69, 9.17) is 4.74 Å². The Kier molecular flexibility index (Phi) is 4.20. The number of hydrogen-bond acceptors (Lipinski definition) is 2. The van der Waals surface area contributed by atoms with E-state index >= 15 is 0 Å². The number of aromatic nitrogens is 1. The van der Waals surface area contributed by atoms with Gasteiger partial charge in [0.05, 0.1) is 6.61 Å². The van der Waals surface area contributed by atoms with E-state index in [-0.39, 0.29) is 6.23 Å². The van der Waals surface area contributed by atoms with Crippen LogP contribution in [-0.2, 0) is 11.3 Å². The van der Waals surface area contributed by atoms with Crippen molar-refractivity contribution in [2.75, 3.05) is 13.2 Å². The number of nitrogens with zero attached hydrogens (tertiary/aromatic N) is 2. The van der Waals surface area contributed by atoms with Gasteiger partial charge in [-0.3, -0.25) is 4.90 Å². The molecule has 3 aromatic rings. The van der Waals surface area contributed by atoms with Crippen LogP contribution >= 0.6 is 0 Å². The summed E-state index contributed by atoms with van der Waals surface area (Å²) in [6.07, 6.45) is 4.34. The van der Waals surface area contributed by atoms with Gasteiger partial charge in [-0.05, 0) is 36.2 Å². The number of benzene rings is 2. The number of hydrogen-bond donors (Lipinski definition) is 0. The van der Waals surface area contributed by atoms with Crippen LogP contribution in [0.2, 0.25) is 0 Å². The Hall–Kier alpha value is -2.36. The maximum absolute atomic E-state index is 6.01. The van der Waals surface area contributed by atoms with Gasteiger partial charge in [0, 0.05) is 36.7 Å². The lowest BCUT2D eigenvalue weighted by molar-refractivity contribution is 0.0288. The van der Waals surface area contributed by atoms with E-state index in [2.05, 4.69) is 89.4 Å². The van der Waals surface area contributed by atoms with E-state index in [0.717, 1.165) is 19.7 Å². The van der Waals surface area contributed by atoms with Gasteiger partial charge < -0.3 is 9.30 Å². The monoisotopic (exact) mass is 318 g/mol. The zero-order valence-corrected chi connectivity index (χ0v) is 13.9. The molecule has 122 valence electrons. The van der Waals surface area contributed by atoms with E-state index in [1.165, 1.54) is 22.4 Å². The molecule has 1 aromatic heterocycles. The average molecular weight is 318 g/mol. The first-order valence-electron chi connectivity index (χ1n) is 8.44. The van der Waals surface area contributed by atoms with Crippen molar-refractivity contribution >= 4 is 0 Å². The first kappa shape index (κ1) is 15.2. The van der Waals surface area contributed by atoms with E-state index in [1.807, 2.05) is 0 Å². The molecule has 4 rings (SSSR count). The first-order chi connectivity index (χ1) is 11.8. The lowest BCUT2D eigenvalue weighted by atomic mass is 10.2. The molecule has 0 aliphatic carbocycles. The molecule has 1 atom stereocenters. The Morgan fingerprint density at radius 2 is 1.92 bits per heavy atom. The Balaban J connectivity index is 1.55. The fourth-order valence-electron chi connectivity index (χ4n) is 3.30. The molecule has 1 aliphatic heterocycles. The summed E-state index contributed by atoms with van der Waals surface area (Å²) in [4.78, 5) is 2.39. The maximum atomic E-state index is 6.01. The highest BCUT2D eigenvalue weighted by atomic mass is 16.5. The standard InChI is InChI=1S/C21H22N2O/c1-17-6-5-9-20(14-17)22-11-10-19(16-22)21-23(12-13-24-21)15-18-7-3-2-4-8-18/h2-11,14,16,21H,12-13,15H2,1H3. The van der Waals surface area contributed by atoms with Gasteiger partial charge in [-0.2, -0.15) is 0 Å². The van der Waals surface area contributed by atoms with E-state index in [1.54, 1.807) is 0 Å². The van der Waals surface area contributed by atoms with Crippen LogP contribution in [0.5, 0.6) is 0 Å². The Morgan fingerprint density at radius 3 is 2.75 bits per heavy atom. The van der Waals surface area contributed by atoms with Crippen molar-refractivity contribution in [3.8, 4) is 5.69 Å². The Bertz CT molecular complexity index is 809. The number of rotatable bonds is 4. The third-order valence-corrected chi connectivity index (χ3v) is 4.52. The molecule has 1 aliphatic rings. The molecule has 0 spiro atoms. The fraction of sp³-hybridized carbons (Fsp3) is 0.238. The summed E-state index contributed by atoms with van der Waals surface area (Å²) >= 11 is 0. The first-order valence-corrected chi connectivity index (χ1v) is 8.44. The minimum atomic E-state index is 0.0382. The van der Waals surface area contributed by atoms with Gasteiger partial charge in [-0.1, -0.05) is 42.5 Å². The van der Waals surface area contributed by atoms with Gasteiger partial charge in [-0.15, -0.1) is 0 Å². The van der Waals surface area contributed by atoms with E-state index in [9.17, 15) is 0 Å². The molecule has 24 heavy (non-hydrogen) atoms. The highest BCUT2D eigenvalue weighted by Crippen LogP contribution is 2.29. The van der Waals surface area contributed by atoms with Gasteiger partial charge in [0.2, 0.25) is 0 Å². The van der Waals surface area contributed by atoms with Crippen LogP contribution in [0.15, 0.2) is 73.1 Å². The minimum absolute atomic E-state index is 0.0382. The van der Waals surface area contributed by atoms with Gasteiger partial charge >= 0.3 is 0 Å². The normalized spacial score (nSPS) is 18.1. The Morgan fingerprint density at radius 1 is 1.04 bits per heavy atom. The number of ether oxygens (including phenoxy) is 1. The molecule has 1 saturated heterocycles. The highest BCUT2D eigenvalue weighted by molar-refractivity contribution is 5.37. The van der Waals surface area contributed by atoms with Crippen LogP contribution in [0.4, 0.5) is 0 Å². The molecule has 2 aromatic carbocycles. The van der Waals surface area contributed by atoms with Crippen LogP contribution in [0.25, 0.3) is 5.69 Å². The van der Waals surface area contributed by atoms with Crippen LogP contribution in [0.3, 0.4) is 0 Å². The lowest BCUT2D eigenvalue weighted by Gasteiger charge is -2.22. The molecule has 3 heteroatoms. The summed E-state index contributed by atoms with van der Waals surface area (Å²) in [7, 11) is 0. The fourth-order valence-corrected chi connectivity index (χ4v) is 3.30. The summed E-state index contributed by atoms with van der Waals surface area (Å²) in [5, 5.41) is 0. The second-order valence-corrected chi connectivity index (χ2v) is 6.37. The summed E-state index contributed by atoms with van der Waals surface area (Å²) in [5.74, 6) is 0. The van der Waals surface area contributed by atoms with Crippen LogP contribution in [0, 0.1) is 6.92 Å².